The van der Waals surface area contributed by atoms with Gasteiger partial charge in [-0.25, -0.2) is 9.02 Å². The molecular weight excluding hydrogens is 261 g/mol. The second-order valence-electron chi connectivity index (χ2n) is 4.55. The summed E-state index contributed by atoms with van der Waals surface area (Å²) in [6, 6.07) is 5.97. The summed E-state index contributed by atoms with van der Waals surface area (Å²) < 4.78 is 17.5. The van der Waals surface area contributed by atoms with Crippen molar-refractivity contribution in [2.75, 3.05) is 0 Å². The van der Waals surface area contributed by atoms with Gasteiger partial charge in [-0.2, -0.15) is 0 Å². The van der Waals surface area contributed by atoms with E-state index in [9.17, 15) is 9.18 Å². The molecule has 0 bridgehead atoms. The third kappa shape index (κ3) is 3.40. The number of nitrogens with zero attached hydrogens (tertiary/aromatic N) is 2. The van der Waals surface area contributed by atoms with Gasteiger partial charge in [-0.3, -0.25) is 4.79 Å². The van der Waals surface area contributed by atoms with Crippen LogP contribution >= 0.6 is 0 Å². The van der Waals surface area contributed by atoms with Crippen molar-refractivity contribution >= 4 is 5.91 Å². The second kappa shape index (κ2) is 6.27. The topological polar surface area (TPSA) is 68.0 Å². The lowest BCUT2D eigenvalue weighted by atomic mass is 10.0. The van der Waals surface area contributed by atoms with Gasteiger partial charge in [-0.15, -0.1) is 0 Å². The van der Waals surface area contributed by atoms with Crippen molar-refractivity contribution in [1.29, 1.82) is 0 Å². The minimum atomic E-state index is -0.292. The molecule has 0 unspecified atom stereocenters. The molecule has 1 atom stereocenters. The maximum Gasteiger partial charge on any atom is 0.226 e. The number of aromatic nitrogens is 2. The maximum atomic E-state index is 12.9. The largest absolute Gasteiger partial charge is 0.349 e. The van der Waals surface area contributed by atoms with E-state index in [2.05, 4.69) is 20.3 Å². The Hall–Kier alpha value is -2.24. The Morgan fingerprint density at radius 2 is 2.05 bits per heavy atom. The lowest BCUT2D eigenvalue weighted by Gasteiger charge is -2.17. The number of benzene rings is 1. The lowest BCUT2D eigenvalue weighted by Crippen LogP contribution is -2.29. The van der Waals surface area contributed by atoms with Crippen molar-refractivity contribution in [3.8, 4) is 0 Å². The van der Waals surface area contributed by atoms with Crippen molar-refractivity contribution in [3.63, 3.8) is 0 Å². The minimum absolute atomic E-state index is 0.118. The SMILES string of the molecule is CC[C@H](NC(=O)Cc1nonc1C)c1ccc(F)cc1. The summed E-state index contributed by atoms with van der Waals surface area (Å²) in [6.45, 7) is 3.69. The minimum Gasteiger partial charge on any atom is -0.349 e. The Labute approximate surface area is 116 Å². The highest BCUT2D eigenvalue weighted by Crippen LogP contribution is 2.17. The van der Waals surface area contributed by atoms with Gasteiger partial charge >= 0.3 is 0 Å². The van der Waals surface area contributed by atoms with Gasteiger partial charge < -0.3 is 5.32 Å². The fraction of sp³-hybridized carbons (Fsp3) is 0.357. The molecular formula is C14H16FN3O2. The summed E-state index contributed by atoms with van der Waals surface area (Å²) in [5.41, 5.74) is 2.00. The quantitative estimate of drug-likeness (QED) is 0.910. The molecule has 20 heavy (non-hydrogen) atoms. The van der Waals surface area contributed by atoms with Crippen molar-refractivity contribution in [1.82, 2.24) is 15.6 Å². The van der Waals surface area contributed by atoms with E-state index in [0.29, 0.717) is 17.8 Å². The lowest BCUT2D eigenvalue weighted by molar-refractivity contribution is -0.121. The zero-order valence-electron chi connectivity index (χ0n) is 11.4. The van der Waals surface area contributed by atoms with Crippen LogP contribution in [0.3, 0.4) is 0 Å². The zero-order valence-corrected chi connectivity index (χ0v) is 11.4. The summed E-state index contributed by atoms with van der Waals surface area (Å²) in [5, 5.41) is 10.2. The fourth-order valence-electron chi connectivity index (χ4n) is 1.92. The van der Waals surface area contributed by atoms with Crippen LogP contribution in [0.25, 0.3) is 0 Å². The van der Waals surface area contributed by atoms with Crippen LogP contribution in [0.5, 0.6) is 0 Å². The standard InChI is InChI=1S/C14H16FN3O2/c1-3-12(10-4-6-11(15)7-5-10)16-14(19)8-13-9(2)17-20-18-13/h4-7,12H,3,8H2,1-2H3,(H,16,19)/t12-/m0/s1. The Morgan fingerprint density at radius 1 is 1.35 bits per heavy atom. The monoisotopic (exact) mass is 277 g/mol. The number of amides is 1. The van der Waals surface area contributed by atoms with Gasteiger partial charge in [0.15, 0.2) is 0 Å². The van der Waals surface area contributed by atoms with Gasteiger partial charge in [0.2, 0.25) is 5.91 Å². The zero-order chi connectivity index (χ0) is 14.5. The van der Waals surface area contributed by atoms with Crippen LogP contribution in [0.15, 0.2) is 28.9 Å². The number of hydrogen-bond acceptors (Lipinski definition) is 4. The molecule has 0 aliphatic heterocycles. The van der Waals surface area contributed by atoms with Crippen molar-refractivity contribution in [2.24, 2.45) is 0 Å². The number of rotatable bonds is 5. The van der Waals surface area contributed by atoms with Gasteiger partial charge in [-0.1, -0.05) is 29.4 Å². The van der Waals surface area contributed by atoms with Crippen LogP contribution in [0.4, 0.5) is 4.39 Å². The first kappa shape index (κ1) is 14.2. The highest BCUT2D eigenvalue weighted by Gasteiger charge is 2.16. The average Bonchev–Trinajstić information content (AvgIpc) is 2.83. The molecule has 2 aromatic rings. The Bertz CT molecular complexity index is 580. The first-order chi connectivity index (χ1) is 9.60. The maximum absolute atomic E-state index is 12.9. The molecule has 0 spiro atoms. The normalized spacial score (nSPS) is 12.2. The first-order valence-electron chi connectivity index (χ1n) is 6.43. The Morgan fingerprint density at radius 3 is 2.60 bits per heavy atom. The second-order valence-corrected chi connectivity index (χ2v) is 4.55. The van der Waals surface area contributed by atoms with Gasteiger partial charge in [0, 0.05) is 0 Å². The van der Waals surface area contributed by atoms with Crippen LogP contribution in [0, 0.1) is 12.7 Å². The molecule has 1 amide bonds. The molecule has 0 aliphatic rings. The van der Waals surface area contributed by atoms with E-state index in [-0.39, 0.29) is 24.2 Å². The molecule has 5 nitrogen and oxygen atoms in total. The number of halogens is 1. The van der Waals surface area contributed by atoms with Crippen molar-refractivity contribution < 1.29 is 13.8 Å². The third-order valence-electron chi connectivity index (χ3n) is 3.09. The molecule has 0 aliphatic carbocycles. The highest BCUT2D eigenvalue weighted by atomic mass is 19.1. The number of hydrogen-bond donors (Lipinski definition) is 1. The smallest absolute Gasteiger partial charge is 0.226 e. The molecule has 1 N–H and O–H groups in total. The molecule has 0 fully saturated rings. The van der Waals surface area contributed by atoms with Crippen molar-refractivity contribution in [2.45, 2.75) is 32.7 Å². The van der Waals surface area contributed by atoms with Gasteiger partial charge in [-0.05, 0) is 31.0 Å². The van der Waals surface area contributed by atoms with Crippen LogP contribution in [0.2, 0.25) is 0 Å². The summed E-state index contributed by atoms with van der Waals surface area (Å²) in [5.74, 6) is -0.459. The fourth-order valence-corrected chi connectivity index (χ4v) is 1.92. The molecule has 6 heteroatoms. The van der Waals surface area contributed by atoms with Crippen molar-refractivity contribution in [3.05, 3.63) is 47.0 Å². The van der Waals surface area contributed by atoms with E-state index < -0.39 is 0 Å². The Balaban J connectivity index is 2.01. The van der Waals surface area contributed by atoms with Gasteiger partial charge in [0.25, 0.3) is 0 Å². The van der Waals surface area contributed by atoms with Crippen LogP contribution < -0.4 is 5.32 Å². The predicted molar refractivity (Wildman–Crippen MR) is 70.3 cm³/mol. The molecule has 0 saturated heterocycles. The molecule has 106 valence electrons. The van der Waals surface area contributed by atoms with Gasteiger partial charge in [0.1, 0.15) is 17.2 Å². The van der Waals surface area contributed by atoms with Crippen LogP contribution in [0.1, 0.15) is 36.3 Å². The van der Waals surface area contributed by atoms with Crippen LogP contribution in [-0.2, 0) is 11.2 Å². The van der Waals surface area contributed by atoms with E-state index in [1.807, 2.05) is 6.92 Å². The first-order valence-corrected chi connectivity index (χ1v) is 6.43. The summed E-state index contributed by atoms with van der Waals surface area (Å²) in [6.07, 6.45) is 0.834. The third-order valence-corrected chi connectivity index (χ3v) is 3.09. The van der Waals surface area contributed by atoms with E-state index in [0.717, 1.165) is 5.56 Å². The predicted octanol–water partition coefficient (Wildman–Crippen LogP) is 2.33. The van der Waals surface area contributed by atoms with Crippen LogP contribution in [-0.4, -0.2) is 16.2 Å². The van der Waals surface area contributed by atoms with E-state index in [4.69, 9.17) is 0 Å². The number of aryl methyl sites for hydroxylation is 1. The molecule has 0 radical (unpaired) electrons. The molecule has 1 heterocycles. The van der Waals surface area contributed by atoms with E-state index in [1.54, 1.807) is 19.1 Å². The number of carbonyl (C=O) groups is 1. The molecule has 0 saturated carbocycles. The number of nitrogens with one attached hydrogen (secondary N) is 1. The highest BCUT2D eigenvalue weighted by molar-refractivity contribution is 5.78. The molecule has 1 aromatic heterocycles. The number of carbonyl (C=O) groups excluding carboxylic acids is 1. The summed E-state index contributed by atoms with van der Waals surface area (Å²) >= 11 is 0. The molecule has 2 rings (SSSR count). The summed E-state index contributed by atoms with van der Waals surface area (Å²) in [7, 11) is 0. The Kier molecular flexibility index (Phi) is 4.45. The van der Waals surface area contributed by atoms with E-state index >= 15 is 0 Å². The summed E-state index contributed by atoms with van der Waals surface area (Å²) in [4.78, 5) is 12.0. The van der Waals surface area contributed by atoms with Gasteiger partial charge in [0.05, 0.1) is 12.5 Å². The van der Waals surface area contributed by atoms with E-state index in [1.165, 1.54) is 12.1 Å². The average molecular weight is 277 g/mol. The molecule has 1 aromatic carbocycles.